The Balaban J connectivity index is -0.000000276. The smallest absolute Gasteiger partial charge is 0.313 e. The van der Waals surface area contributed by atoms with Crippen molar-refractivity contribution in [2.75, 3.05) is 6.61 Å². The Morgan fingerprint density at radius 1 is 1.12 bits per heavy atom. The summed E-state index contributed by atoms with van der Waals surface area (Å²) in [5.74, 6) is -0.599. The number of hydrogen-bond acceptors (Lipinski definition) is 4. The predicted molar refractivity (Wildman–Crippen MR) is 105 cm³/mol. The van der Waals surface area contributed by atoms with Crippen LogP contribution in [-0.4, -0.2) is 18.4 Å². The molecule has 0 fully saturated rings. The third-order valence-electron chi connectivity index (χ3n) is 1.99. The number of nitrogens with zero attached hydrogens (tertiary/aromatic N) is 1. The summed E-state index contributed by atoms with van der Waals surface area (Å²) in [4.78, 5) is 20.6. The molecule has 0 saturated heterocycles. The summed E-state index contributed by atoms with van der Waals surface area (Å²) >= 11 is 0. The van der Waals surface area contributed by atoms with Crippen molar-refractivity contribution in [3.05, 3.63) is 80.4 Å². The van der Waals surface area contributed by atoms with E-state index >= 15 is 0 Å². The molecule has 1 rings (SSSR count). The van der Waals surface area contributed by atoms with Crippen LogP contribution in [0.25, 0.3) is 6.08 Å². The van der Waals surface area contributed by atoms with Crippen LogP contribution in [0.1, 0.15) is 25.8 Å². The van der Waals surface area contributed by atoms with Crippen LogP contribution in [0, 0.1) is 11.3 Å². The maximum atomic E-state index is 10.4. The molecule has 0 aromatic heterocycles. The highest BCUT2D eigenvalue weighted by Crippen LogP contribution is 1.97. The lowest BCUT2D eigenvalue weighted by molar-refractivity contribution is -0.145. The fourth-order valence-electron chi connectivity index (χ4n) is 1.00. The zero-order valence-corrected chi connectivity index (χ0v) is 15.1. The quantitative estimate of drug-likeness (QED) is 0.330. The first-order valence-corrected chi connectivity index (χ1v) is 7.49. The fourth-order valence-corrected chi connectivity index (χ4v) is 1.00. The van der Waals surface area contributed by atoms with Crippen molar-refractivity contribution >= 4 is 17.8 Å². The normalized spacial score (nSPS) is 7.24. The number of ketones is 1. The second-order valence-corrected chi connectivity index (χ2v) is 4.10. The minimum absolute atomic E-state index is 0.103. The second-order valence-electron chi connectivity index (χ2n) is 4.10. The summed E-state index contributed by atoms with van der Waals surface area (Å²) < 4.78 is 4.49. The lowest BCUT2D eigenvalue weighted by atomic mass is 10.2. The zero-order chi connectivity index (χ0) is 19.9. The van der Waals surface area contributed by atoms with Crippen molar-refractivity contribution in [2.24, 2.45) is 0 Å². The van der Waals surface area contributed by atoms with E-state index in [9.17, 15) is 9.59 Å². The van der Waals surface area contributed by atoms with Crippen LogP contribution in [-0.2, 0) is 14.3 Å². The van der Waals surface area contributed by atoms with E-state index in [1.807, 2.05) is 36.4 Å². The maximum Gasteiger partial charge on any atom is 0.313 e. The van der Waals surface area contributed by atoms with Crippen molar-refractivity contribution in [1.82, 2.24) is 0 Å². The molecule has 0 atom stereocenters. The molecule has 1 aromatic rings. The highest BCUT2D eigenvalue weighted by atomic mass is 16.5. The number of esters is 1. The fraction of sp³-hybridized carbons (Fsp3) is 0.190. The topological polar surface area (TPSA) is 67.2 Å². The van der Waals surface area contributed by atoms with Gasteiger partial charge in [-0.15, -0.1) is 0 Å². The predicted octanol–water partition coefficient (Wildman–Crippen LogP) is 4.91. The molecule has 0 aliphatic rings. The highest BCUT2D eigenvalue weighted by molar-refractivity contribution is 5.94. The van der Waals surface area contributed by atoms with E-state index in [0.29, 0.717) is 6.61 Å². The number of carbonyl (C=O) groups is 2. The van der Waals surface area contributed by atoms with Gasteiger partial charge in [-0.3, -0.25) is 9.59 Å². The van der Waals surface area contributed by atoms with Crippen LogP contribution in [0.15, 0.2) is 74.9 Å². The van der Waals surface area contributed by atoms with Crippen molar-refractivity contribution in [2.45, 2.75) is 20.3 Å². The minimum atomic E-state index is -0.440. The molecule has 0 amide bonds. The Labute approximate surface area is 151 Å². The third kappa shape index (κ3) is 29.5. The summed E-state index contributed by atoms with van der Waals surface area (Å²) in [5, 5.41) is 7.51. The van der Waals surface area contributed by atoms with Gasteiger partial charge in [0.1, 0.15) is 12.2 Å². The van der Waals surface area contributed by atoms with E-state index in [1.54, 1.807) is 25.1 Å². The van der Waals surface area contributed by atoms with Crippen molar-refractivity contribution in [3.8, 4) is 6.07 Å². The molecule has 134 valence electrons. The lowest BCUT2D eigenvalue weighted by Gasteiger charge is -1.96. The molecule has 0 saturated carbocycles. The summed E-state index contributed by atoms with van der Waals surface area (Å²) in [5.41, 5.74) is 1.17. The Morgan fingerprint density at radius 2 is 1.60 bits per heavy atom. The summed E-state index contributed by atoms with van der Waals surface area (Å²) in [6, 6.07) is 11.7. The number of Topliss-reactive ketones (excluding diaryl/α,β-unsaturated/α-hetero) is 1. The number of nitriles is 1. The maximum absolute atomic E-state index is 10.4. The summed E-state index contributed by atoms with van der Waals surface area (Å²) in [7, 11) is 0. The van der Waals surface area contributed by atoms with Crippen molar-refractivity contribution < 1.29 is 14.3 Å². The zero-order valence-electron chi connectivity index (χ0n) is 15.1. The summed E-state index contributed by atoms with van der Waals surface area (Å²) in [6.07, 6.45) is 6.19. The molecule has 0 radical (unpaired) electrons. The van der Waals surface area contributed by atoms with E-state index < -0.39 is 5.97 Å². The molecule has 1 aromatic carbocycles. The van der Waals surface area contributed by atoms with Gasteiger partial charge < -0.3 is 4.74 Å². The molecule has 0 aliphatic heterocycles. The van der Waals surface area contributed by atoms with E-state index in [1.165, 1.54) is 18.6 Å². The average Bonchev–Trinajstić information content (AvgIpc) is 2.63. The number of rotatable bonds is 5. The molecule has 0 aliphatic carbocycles. The molecule has 0 unspecified atom stereocenters. The van der Waals surface area contributed by atoms with Gasteiger partial charge in [-0.05, 0) is 19.4 Å². The molecule has 0 spiro atoms. The van der Waals surface area contributed by atoms with E-state index in [-0.39, 0.29) is 12.2 Å². The first-order chi connectivity index (χ1) is 11.9. The number of allylic oxidation sites excluding steroid dienone is 3. The SMILES string of the molecule is C=CC#N.C=CC=C.C=Cc1ccccc1.CCOC(=O)CC(C)=O. The van der Waals surface area contributed by atoms with Crippen LogP contribution < -0.4 is 0 Å². The van der Waals surface area contributed by atoms with Gasteiger partial charge >= 0.3 is 5.97 Å². The Bertz CT molecular complexity index is 548. The Morgan fingerprint density at radius 3 is 1.84 bits per heavy atom. The van der Waals surface area contributed by atoms with Crippen LogP contribution >= 0.6 is 0 Å². The van der Waals surface area contributed by atoms with Gasteiger partial charge in [0, 0.05) is 6.08 Å². The van der Waals surface area contributed by atoms with Gasteiger partial charge in [0.25, 0.3) is 0 Å². The minimum Gasteiger partial charge on any atom is -0.466 e. The van der Waals surface area contributed by atoms with Gasteiger partial charge in [0.15, 0.2) is 0 Å². The highest BCUT2D eigenvalue weighted by Gasteiger charge is 2.03. The van der Waals surface area contributed by atoms with Crippen LogP contribution in [0.5, 0.6) is 0 Å². The van der Waals surface area contributed by atoms with Gasteiger partial charge in [-0.2, -0.15) is 5.26 Å². The monoisotopic (exact) mass is 341 g/mol. The first-order valence-electron chi connectivity index (χ1n) is 7.49. The number of carbonyl (C=O) groups excluding carboxylic acids is 2. The number of hydrogen-bond donors (Lipinski definition) is 0. The summed E-state index contributed by atoms with van der Waals surface area (Å²) in [6.45, 7) is 16.9. The Hall–Kier alpha value is -3.19. The first kappa shape index (κ1) is 26.7. The molecule has 0 N–H and O–H groups in total. The Kier molecular flexibility index (Phi) is 24.6. The van der Waals surface area contributed by atoms with Crippen LogP contribution in [0.2, 0.25) is 0 Å². The van der Waals surface area contributed by atoms with Crippen molar-refractivity contribution in [3.63, 3.8) is 0 Å². The third-order valence-corrected chi connectivity index (χ3v) is 1.99. The molecule has 0 bridgehead atoms. The molecular weight excluding hydrogens is 314 g/mol. The molecule has 0 heterocycles. The molecule has 4 nitrogen and oxygen atoms in total. The molecular formula is C21H27NO3. The average molecular weight is 341 g/mol. The largest absolute Gasteiger partial charge is 0.466 e. The van der Waals surface area contributed by atoms with Gasteiger partial charge in [0.2, 0.25) is 0 Å². The van der Waals surface area contributed by atoms with Gasteiger partial charge in [-0.25, -0.2) is 0 Å². The molecule has 4 heteroatoms. The number of benzene rings is 1. The van der Waals surface area contributed by atoms with Gasteiger partial charge in [0.05, 0.1) is 12.7 Å². The van der Waals surface area contributed by atoms with E-state index in [4.69, 9.17) is 5.26 Å². The van der Waals surface area contributed by atoms with E-state index in [2.05, 4.69) is 31.1 Å². The van der Waals surface area contributed by atoms with Gasteiger partial charge in [-0.1, -0.05) is 74.9 Å². The molecule has 25 heavy (non-hydrogen) atoms. The second kappa shape index (κ2) is 23.1. The number of ether oxygens (including phenoxy) is 1. The standard InChI is InChI=1S/C8H8.C6H10O3.C4H6.C3H3N/c1-2-8-6-4-3-5-7-8;1-3-9-6(8)4-5(2)7;1-3-4-2;1-2-3-4/h2-7H,1H2;3-4H2,1-2H3;3-4H,1-2H2;2H,1H2. The lowest BCUT2D eigenvalue weighted by Crippen LogP contribution is -2.07. The van der Waals surface area contributed by atoms with E-state index in [0.717, 1.165) is 0 Å². The van der Waals surface area contributed by atoms with Crippen molar-refractivity contribution in [1.29, 1.82) is 5.26 Å². The van der Waals surface area contributed by atoms with Crippen LogP contribution in [0.4, 0.5) is 0 Å². The van der Waals surface area contributed by atoms with Crippen LogP contribution in [0.3, 0.4) is 0 Å².